The molecule has 0 aliphatic rings. The van der Waals surface area contributed by atoms with Crippen LogP contribution in [0.2, 0.25) is 15.1 Å². The number of rotatable bonds is 5. The van der Waals surface area contributed by atoms with Gasteiger partial charge in [-0.25, -0.2) is 4.98 Å². The monoisotopic (exact) mass is 491 g/mol. The summed E-state index contributed by atoms with van der Waals surface area (Å²) in [6, 6.07) is 11.3. The number of aromatic nitrogens is 2. The second-order valence-electron chi connectivity index (χ2n) is 6.83. The van der Waals surface area contributed by atoms with Crippen LogP contribution in [0.25, 0.3) is 21.3 Å². The summed E-state index contributed by atoms with van der Waals surface area (Å²) < 4.78 is 1.37. The third-order valence-corrected chi connectivity index (χ3v) is 6.57. The lowest BCUT2D eigenvalue weighted by Crippen LogP contribution is -2.33. The Labute approximate surface area is 197 Å². The lowest BCUT2D eigenvalue weighted by molar-refractivity contribution is -0.119. The molecule has 0 aliphatic carbocycles. The number of carbonyl (C=O) groups excluding carboxylic acids is 1. The smallest absolute Gasteiger partial charge is 0.263 e. The lowest BCUT2D eigenvalue weighted by atomic mass is 10.1. The van der Waals surface area contributed by atoms with Crippen molar-refractivity contribution in [1.82, 2.24) is 9.55 Å². The summed E-state index contributed by atoms with van der Waals surface area (Å²) in [7, 11) is 0. The summed E-state index contributed by atoms with van der Waals surface area (Å²) >= 11 is 19.5. The molecule has 2 heterocycles. The summed E-state index contributed by atoms with van der Waals surface area (Å²) in [4.78, 5) is 31.4. The highest BCUT2D eigenvalue weighted by atomic mass is 35.5. The molecule has 5 nitrogen and oxygen atoms in total. The molecule has 1 atom stereocenters. The molecule has 158 valence electrons. The first-order chi connectivity index (χ1) is 14.9. The van der Waals surface area contributed by atoms with Gasteiger partial charge < -0.3 is 5.32 Å². The molecule has 0 bridgehead atoms. The van der Waals surface area contributed by atoms with Crippen LogP contribution in [-0.2, 0) is 4.79 Å². The van der Waals surface area contributed by atoms with Gasteiger partial charge in [-0.15, -0.1) is 11.3 Å². The van der Waals surface area contributed by atoms with Gasteiger partial charge in [0.15, 0.2) is 0 Å². The number of benzene rings is 2. The van der Waals surface area contributed by atoms with Gasteiger partial charge in [-0.3, -0.25) is 14.2 Å². The molecule has 1 amide bonds. The molecule has 1 unspecified atom stereocenters. The molecule has 4 aromatic rings. The van der Waals surface area contributed by atoms with Crippen molar-refractivity contribution in [2.75, 3.05) is 5.32 Å². The molecular formula is C22H16Cl3N3O2S. The lowest BCUT2D eigenvalue weighted by Gasteiger charge is -2.18. The normalized spacial score (nSPS) is 12.1. The van der Waals surface area contributed by atoms with Crippen molar-refractivity contribution in [3.05, 3.63) is 79.6 Å². The molecule has 0 aliphatic heterocycles. The Morgan fingerprint density at radius 1 is 1.13 bits per heavy atom. The largest absolute Gasteiger partial charge is 0.323 e. The van der Waals surface area contributed by atoms with E-state index in [1.54, 1.807) is 30.3 Å². The number of anilines is 1. The number of halogens is 3. The number of nitrogens with one attached hydrogen (secondary N) is 1. The minimum atomic E-state index is -0.755. The van der Waals surface area contributed by atoms with Crippen LogP contribution in [0.4, 0.5) is 5.69 Å². The topological polar surface area (TPSA) is 64.0 Å². The van der Waals surface area contributed by atoms with E-state index in [4.69, 9.17) is 34.8 Å². The van der Waals surface area contributed by atoms with Crippen molar-refractivity contribution in [1.29, 1.82) is 0 Å². The number of hydrogen-bond donors (Lipinski definition) is 1. The molecule has 2 aromatic carbocycles. The van der Waals surface area contributed by atoms with E-state index in [1.807, 2.05) is 24.4 Å². The van der Waals surface area contributed by atoms with Crippen LogP contribution in [0.1, 0.15) is 19.4 Å². The van der Waals surface area contributed by atoms with Crippen molar-refractivity contribution in [3.8, 4) is 11.1 Å². The van der Waals surface area contributed by atoms with E-state index in [-0.39, 0.29) is 11.5 Å². The Bertz CT molecular complexity index is 1330. The van der Waals surface area contributed by atoms with Gasteiger partial charge in [0.2, 0.25) is 5.91 Å². The Balaban J connectivity index is 1.74. The van der Waals surface area contributed by atoms with Crippen molar-refractivity contribution < 1.29 is 4.79 Å². The summed E-state index contributed by atoms with van der Waals surface area (Å²) in [5.41, 5.74) is 1.77. The van der Waals surface area contributed by atoms with Crippen LogP contribution in [0.3, 0.4) is 0 Å². The molecule has 31 heavy (non-hydrogen) atoms. The summed E-state index contributed by atoms with van der Waals surface area (Å²) in [6.07, 6.45) is 1.81. The summed E-state index contributed by atoms with van der Waals surface area (Å²) in [5, 5.41) is 6.55. The van der Waals surface area contributed by atoms with E-state index in [2.05, 4.69) is 10.3 Å². The van der Waals surface area contributed by atoms with Crippen molar-refractivity contribution >= 4 is 68.0 Å². The fraction of sp³-hybridized carbons (Fsp3) is 0.136. The van der Waals surface area contributed by atoms with E-state index in [0.717, 1.165) is 11.1 Å². The maximum Gasteiger partial charge on any atom is 0.263 e. The number of hydrogen-bond acceptors (Lipinski definition) is 4. The minimum Gasteiger partial charge on any atom is -0.323 e. The van der Waals surface area contributed by atoms with E-state index < -0.39 is 6.04 Å². The highest BCUT2D eigenvalue weighted by Crippen LogP contribution is 2.32. The van der Waals surface area contributed by atoms with Crippen molar-refractivity contribution in [2.24, 2.45) is 0 Å². The first-order valence-corrected chi connectivity index (χ1v) is 11.4. The quantitative estimate of drug-likeness (QED) is 0.338. The molecule has 2 aromatic heterocycles. The van der Waals surface area contributed by atoms with Gasteiger partial charge in [0, 0.05) is 21.0 Å². The van der Waals surface area contributed by atoms with Crippen molar-refractivity contribution in [3.63, 3.8) is 0 Å². The standard InChI is InChI=1S/C22H16Cl3N3O2S/c1-2-18(20(29)27-17-8-7-14(24)9-16(17)25)28-11-26-21-19(22(28)30)15(10-31-21)12-3-5-13(23)6-4-12/h3-11,18H,2H2,1H3,(H,27,29). The average Bonchev–Trinajstić information content (AvgIpc) is 3.18. The van der Waals surface area contributed by atoms with Crippen LogP contribution >= 0.6 is 46.1 Å². The van der Waals surface area contributed by atoms with E-state index in [1.165, 1.54) is 22.2 Å². The first-order valence-electron chi connectivity index (χ1n) is 9.39. The summed E-state index contributed by atoms with van der Waals surface area (Å²) in [6.45, 7) is 1.83. The SMILES string of the molecule is CCC(C(=O)Nc1ccc(Cl)cc1Cl)n1cnc2scc(-c3ccc(Cl)cc3)c2c1=O. The first kappa shape index (κ1) is 21.8. The average molecular weight is 493 g/mol. The summed E-state index contributed by atoms with van der Waals surface area (Å²) in [5.74, 6) is -0.363. The predicted octanol–water partition coefficient (Wildman–Crippen LogP) is 6.68. The molecule has 0 saturated carbocycles. The van der Waals surface area contributed by atoms with Gasteiger partial charge in [-0.1, -0.05) is 53.9 Å². The molecule has 9 heteroatoms. The zero-order chi connectivity index (χ0) is 22.1. The van der Waals surface area contributed by atoms with Crippen LogP contribution < -0.4 is 10.9 Å². The van der Waals surface area contributed by atoms with Gasteiger partial charge in [0.05, 0.1) is 22.4 Å². The van der Waals surface area contributed by atoms with Crippen LogP contribution in [-0.4, -0.2) is 15.5 Å². The second kappa shape index (κ2) is 9.01. The highest BCUT2D eigenvalue weighted by molar-refractivity contribution is 7.17. The van der Waals surface area contributed by atoms with Gasteiger partial charge in [-0.2, -0.15) is 0 Å². The van der Waals surface area contributed by atoms with Gasteiger partial charge in [0.1, 0.15) is 10.9 Å². The van der Waals surface area contributed by atoms with Gasteiger partial charge in [-0.05, 0) is 42.3 Å². The Hall–Kier alpha value is -2.38. The predicted molar refractivity (Wildman–Crippen MR) is 129 cm³/mol. The van der Waals surface area contributed by atoms with Crippen molar-refractivity contribution in [2.45, 2.75) is 19.4 Å². The fourth-order valence-corrected chi connectivity index (χ4v) is 4.81. The fourth-order valence-electron chi connectivity index (χ4n) is 3.32. The molecule has 4 rings (SSSR count). The second-order valence-corrected chi connectivity index (χ2v) is 8.97. The number of nitrogens with zero attached hydrogens (tertiary/aromatic N) is 2. The molecule has 0 fully saturated rings. The number of fused-ring (bicyclic) bond motifs is 1. The van der Waals surface area contributed by atoms with Crippen LogP contribution in [0, 0.1) is 0 Å². The van der Waals surface area contributed by atoms with E-state index in [9.17, 15) is 9.59 Å². The van der Waals surface area contributed by atoms with Crippen LogP contribution in [0.5, 0.6) is 0 Å². The van der Waals surface area contributed by atoms with Crippen LogP contribution in [0.15, 0.2) is 59.0 Å². The Morgan fingerprint density at radius 2 is 1.84 bits per heavy atom. The molecular weight excluding hydrogens is 477 g/mol. The Morgan fingerprint density at radius 3 is 2.52 bits per heavy atom. The number of carbonyl (C=O) groups is 1. The maximum atomic E-state index is 13.4. The minimum absolute atomic E-state index is 0.277. The maximum absolute atomic E-state index is 13.4. The zero-order valence-electron chi connectivity index (χ0n) is 16.2. The molecule has 0 saturated heterocycles. The van der Waals surface area contributed by atoms with E-state index in [0.29, 0.717) is 37.4 Å². The number of thiophene rings is 1. The highest BCUT2D eigenvalue weighted by Gasteiger charge is 2.23. The molecule has 0 spiro atoms. The number of amides is 1. The van der Waals surface area contributed by atoms with Gasteiger partial charge >= 0.3 is 0 Å². The third-order valence-electron chi connectivity index (χ3n) is 4.89. The van der Waals surface area contributed by atoms with Gasteiger partial charge in [0.25, 0.3) is 5.56 Å². The molecule has 0 radical (unpaired) electrons. The third kappa shape index (κ3) is 4.34. The van der Waals surface area contributed by atoms with E-state index >= 15 is 0 Å². The Kier molecular flexibility index (Phi) is 6.34. The molecule has 1 N–H and O–H groups in total. The zero-order valence-corrected chi connectivity index (χ0v) is 19.3.